The lowest BCUT2D eigenvalue weighted by atomic mass is 10.1. The van der Waals surface area contributed by atoms with E-state index in [9.17, 15) is 14.4 Å². The SMILES string of the molecule is Cc1c(Cl)cccc1NC(=O)COC(=O)[C@H]1CC(=O)N(c2ccccc2)C1. The van der Waals surface area contributed by atoms with Crippen molar-refractivity contribution in [2.45, 2.75) is 13.3 Å². The first-order chi connectivity index (χ1) is 13.0. The van der Waals surface area contributed by atoms with Crippen LogP contribution in [0.1, 0.15) is 12.0 Å². The molecule has 1 heterocycles. The van der Waals surface area contributed by atoms with Crippen molar-refractivity contribution >= 4 is 40.8 Å². The standard InChI is InChI=1S/C20H19ClN2O4/c1-13-16(21)8-5-9-17(13)22-18(24)12-27-20(26)14-10-19(25)23(11-14)15-6-3-2-4-7-15/h2-9,14H,10-12H2,1H3,(H,22,24)/t14-/m0/s1. The van der Waals surface area contributed by atoms with E-state index in [0.717, 1.165) is 11.3 Å². The molecule has 1 N–H and O–H groups in total. The van der Waals surface area contributed by atoms with Crippen LogP contribution in [0.3, 0.4) is 0 Å². The third-order valence-corrected chi connectivity index (χ3v) is 4.82. The highest BCUT2D eigenvalue weighted by Gasteiger charge is 2.36. The molecule has 2 aromatic rings. The molecule has 0 aromatic heterocycles. The maximum atomic E-state index is 12.2. The summed E-state index contributed by atoms with van der Waals surface area (Å²) in [6.45, 7) is 1.61. The van der Waals surface area contributed by atoms with E-state index in [1.807, 2.05) is 30.3 Å². The van der Waals surface area contributed by atoms with Gasteiger partial charge in [0.1, 0.15) is 0 Å². The predicted octanol–water partition coefficient (Wildman–Crippen LogP) is 3.18. The second kappa shape index (κ2) is 8.22. The van der Waals surface area contributed by atoms with Crippen LogP contribution in [-0.2, 0) is 19.1 Å². The van der Waals surface area contributed by atoms with Gasteiger partial charge in [-0.1, -0.05) is 35.9 Å². The van der Waals surface area contributed by atoms with Crippen molar-refractivity contribution in [2.75, 3.05) is 23.4 Å². The number of nitrogens with zero attached hydrogens (tertiary/aromatic N) is 1. The smallest absolute Gasteiger partial charge is 0.311 e. The molecule has 0 unspecified atom stereocenters. The lowest BCUT2D eigenvalue weighted by Gasteiger charge is -2.16. The van der Waals surface area contributed by atoms with Gasteiger partial charge in [0.2, 0.25) is 5.91 Å². The summed E-state index contributed by atoms with van der Waals surface area (Å²) in [5.74, 6) is -1.74. The zero-order valence-corrected chi connectivity index (χ0v) is 15.5. The molecule has 1 aliphatic rings. The van der Waals surface area contributed by atoms with E-state index in [-0.39, 0.29) is 18.9 Å². The summed E-state index contributed by atoms with van der Waals surface area (Å²) in [6, 6.07) is 14.3. The highest BCUT2D eigenvalue weighted by atomic mass is 35.5. The van der Waals surface area contributed by atoms with Crippen LogP contribution in [0.5, 0.6) is 0 Å². The van der Waals surface area contributed by atoms with E-state index in [4.69, 9.17) is 16.3 Å². The molecule has 3 rings (SSSR count). The van der Waals surface area contributed by atoms with Crippen LogP contribution in [0.25, 0.3) is 0 Å². The fraction of sp³-hybridized carbons (Fsp3) is 0.250. The van der Waals surface area contributed by atoms with Gasteiger partial charge in [0.05, 0.1) is 5.92 Å². The summed E-state index contributed by atoms with van der Waals surface area (Å²) < 4.78 is 5.10. The van der Waals surface area contributed by atoms with E-state index >= 15 is 0 Å². The Morgan fingerprint density at radius 3 is 2.67 bits per heavy atom. The molecule has 27 heavy (non-hydrogen) atoms. The Kier molecular flexibility index (Phi) is 5.76. The number of esters is 1. The van der Waals surface area contributed by atoms with Gasteiger partial charge in [-0.3, -0.25) is 14.4 Å². The van der Waals surface area contributed by atoms with Crippen molar-refractivity contribution < 1.29 is 19.1 Å². The molecule has 0 aliphatic carbocycles. The quantitative estimate of drug-likeness (QED) is 0.801. The van der Waals surface area contributed by atoms with Crippen LogP contribution in [0, 0.1) is 12.8 Å². The Morgan fingerprint density at radius 2 is 1.93 bits per heavy atom. The van der Waals surface area contributed by atoms with Gasteiger partial charge in [0.15, 0.2) is 6.61 Å². The van der Waals surface area contributed by atoms with Crippen molar-refractivity contribution in [3.05, 3.63) is 59.1 Å². The number of hydrogen-bond donors (Lipinski definition) is 1. The van der Waals surface area contributed by atoms with Crippen molar-refractivity contribution in [1.82, 2.24) is 0 Å². The van der Waals surface area contributed by atoms with Gasteiger partial charge >= 0.3 is 5.97 Å². The van der Waals surface area contributed by atoms with Gasteiger partial charge in [0, 0.05) is 29.4 Å². The molecule has 2 amide bonds. The first-order valence-electron chi connectivity index (χ1n) is 8.52. The Labute approximate surface area is 162 Å². The number of amides is 2. The topological polar surface area (TPSA) is 75.7 Å². The molecule has 1 fully saturated rings. The van der Waals surface area contributed by atoms with E-state index in [2.05, 4.69) is 5.32 Å². The molecule has 6 nitrogen and oxygen atoms in total. The van der Waals surface area contributed by atoms with Crippen molar-refractivity contribution in [3.8, 4) is 0 Å². The minimum Gasteiger partial charge on any atom is -0.455 e. The van der Waals surface area contributed by atoms with Crippen molar-refractivity contribution in [2.24, 2.45) is 5.92 Å². The zero-order chi connectivity index (χ0) is 19.4. The molecule has 1 aliphatic heterocycles. The first kappa shape index (κ1) is 18.9. The maximum absolute atomic E-state index is 12.2. The number of ether oxygens (including phenoxy) is 1. The van der Waals surface area contributed by atoms with Crippen LogP contribution in [0.15, 0.2) is 48.5 Å². The Bertz CT molecular complexity index is 870. The largest absolute Gasteiger partial charge is 0.455 e. The normalized spacial score (nSPS) is 16.3. The molecule has 7 heteroatoms. The third-order valence-electron chi connectivity index (χ3n) is 4.41. The number of halogens is 1. The molecular formula is C20H19ClN2O4. The minimum absolute atomic E-state index is 0.0722. The number of rotatable bonds is 5. The molecule has 140 valence electrons. The predicted molar refractivity (Wildman–Crippen MR) is 103 cm³/mol. The fourth-order valence-corrected chi connectivity index (χ4v) is 3.08. The summed E-state index contributed by atoms with van der Waals surface area (Å²) in [7, 11) is 0. The summed E-state index contributed by atoms with van der Waals surface area (Å²) in [4.78, 5) is 38.0. The molecule has 1 atom stereocenters. The third kappa shape index (κ3) is 4.46. The number of nitrogens with one attached hydrogen (secondary N) is 1. The molecule has 0 radical (unpaired) electrons. The van der Waals surface area contributed by atoms with Gasteiger partial charge < -0.3 is 15.0 Å². The van der Waals surface area contributed by atoms with E-state index in [1.54, 1.807) is 30.0 Å². The van der Waals surface area contributed by atoms with E-state index in [0.29, 0.717) is 10.7 Å². The number of benzene rings is 2. The maximum Gasteiger partial charge on any atom is 0.311 e. The summed E-state index contributed by atoms with van der Waals surface area (Å²) >= 11 is 6.02. The lowest BCUT2D eigenvalue weighted by Crippen LogP contribution is -2.28. The first-order valence-corrected chi connectivity index (χ1v) is 8.90. The second-order valence-electron chi connectivity index (χ2n) is 6.31. The summed E-state index contributed by atoms with van der Waals surface area (Å²) in [6.07, 6.45) is 0.0722. The van der Waals surface area contributed by atoms with Crippen LogP contribution in [0.2, 0.25) is 5.02 Å². The minimum atomic E-state index is -0.585. The van der Waals surface area contributed by atoms with Gasteiger partial charge in [-0.2, -0.15) is 0 Å². The van der Waals surface area contributed by atoms with Gasteiger partial charge in [-0.05, 0) is 36.8 Å². The number of para-hydroxylation sites is 1. The monoisotopic (exact) mass is 386 g/mol. The molecule has 0 saturated carbocycles. The van der Waals surface area contributed by atoms with Gasteiger partial charge in [-0.15, -0.1) is 0 Å². The Balaban J connectivity index is 1.53. The van der Waals surface area contributed by atoms with E-state index in [1.165, 1.54) is 0 Å². The molecule has 0 bridgehead atoms. The zero-order valence-electron chi connectivity index (χ0n) is 14.8. The van der Waals surface area contributed by atoms with Gasteiger partial charge in [-0.25, -0.2) is 0 Å². The summed E-state index contributed by atoms with van der Waals surface area (Å²) in [5.41, 5.74) is 2.04. The summed E-state index contributed by atoms with van der Waals surface area (Å²) in [5, 5.41) is 3.20. The molecule has 2 aromatic carbocycles. The number of anilines is 2. The number of hydrogen-bond acceptors (Lipinski definition) is 4. The number of carbonyl (C=O) groups is 3. The molecular weight excluding hydrogens is 368 g/mol. The molecule has 1 saturated heterocycles. The van der Waals surface area contributed by atoms with Crippen molar-refractivity contribution in [3.63, 3.8) is 0 Å². The highest BCUT2D eigenvalue weighted by molar-refractivity contribution is 6.31. The number of carbonyl (C=O) groups excluding carboxylic acids is 3. The van der Waals surface area contributed by atoms with Crippen LogP contribution >= 0.6 is 11.6 Å². The lowest BCUT2D eigenvalue weighted by molar-refractivity contribution is -0.151. The second-order valence-corrected chi connectivity index (χ2v) is 6.72. The Morgan fingerprint density at radius 1 is 1.19 bits per heavy atom. The van der Waals surface area contributed by atoms with Crippen molar-refractivity contribution in [1.29, 1.82) is 0 Å². The van der Waals surface area contributed by atoms with Crippen LogP contribution in [0.4, 0.5) is 11.4 Å². The molecule has 0 spiro atoms. The van der Waals surface area contributed by atoms with Gasteiger partial charge in [0.25, 0.3) is 5.91 Å². The van der Waals surface area contributed by atoms with Crippen LogP contribution < -0.4 is 10.2 Å². The Hall–Kier alpha value is -2.86. The average molecular weight is 387 g/mol. The highest BCUT2D eigenvalue weighted by Crippen LogP contribution is 2.26. The van der Waals surface area contributed by atoms with E-state index < -0.39 is 24.4 Å². The fourth-order valence-electron chi connectivity index (χ4n) is 2.91. The average Bonchev–Trinajstić information content (AvgIpc) is 3.06. The van der Waals surface area contributed by atoms with Crippen LogP contribution in [-0.4, -0.2) is 30.9 Å².